The third-order valence-electron chi connectivity index (χ3n) is 2.69. The van der Waals surface area contributed by atoms with Crippen molar-refractivity contribution in [2.24, 2.45) is 0 Å². The number of nitrogens with one attached hydrogen (secondary N) is 1. The topological polar surface area (TPSA) is 15.3 Å². The highest BCUT2D eigenvalue weighted by atomic mass is 15.1. The number of rotatable bonds is 8. The molecule has 16 heavy (non-hydrogen) atoms. The van der Waals surface area contributed by atoms with Crippen LogP contribution in [0.3, 0.4) is 0 Å². The lowest BCUT2D eigenvalue weighted by Crippen LogP contribution is -2.27. The quantitative estimate of drug-likeness (QED) is 0.677. The van der Waals surface area contributed by atoms with Gasteiger partial charge in [-0.15, -0.1) is 0 Å². The third-order valence-corrected chi connectivity index (χ3v) is 2.69. The summed E-state index contributed by atoms with van der Waals surface area (Å²) in [4.78, 5) is 2.53. The summed E-state index contributed by atoms with van der Waals surface area (Å²) in [6, 6.07) is 10.7. The van der Waals surface area contributed by atoms with Crippen LogP contribution < -0.4 is 5.32 Å². The summed E-state index contributed by atoms with van der Waals surface area (Å²) in [5.74, 6) is 0. The minimum Gasteiger partial charge on any atom is -0.320 e. The zero-order valence-corrected chi connectivity index (χ0v) is 10.6. The Morgan fingerprint density at radius 1 is 1.12 bits per heavy atom. The van der Waals surface area contributed by atoms with Crippen molar-refractivity contribution >= 4 is 0 Å². The molecule has 0 amide bonds. The van der Waals surface area contributed by atoms with Crippen LogP contribution in [-0.2, 0) is 6.54 Å². The maximum absolute atomic E-state index is 3.20. The summed E-state index contributed by atoms with van der Waals surface area (Å²) in [6.07, 6.45) is 2.45. The summed E-state index contributed by atoms with van der Waals surface area (Å²) < 4.78 is 0. The summed E-state index contributed by atoms with van der Waals surface area (Å²) in [7, 11) is 2.02. The van der Waals surface area contributed by atoms with E-state index in [0.717, 1.165) is 13.1 Å². The number of hydrogen-bond acceptors (Lipinski definition) is 2. The zero-order valence-electron chi connectivity index (χ0n) is 10.6. The first-order valence-corrected chi connectivity index (χ1v) is 6.27. The molecule has 0 heterocycles. The monoisotopic (exact) mass is 220 g/mol. The van der Waals surface area contributed by atoms with E-state index in [0.29, 0.717) is 0 Å². The van der Waals surface area contributed by atoms with Gasteiger partial charge in [0.1, 0.15) is 0 Å². The van der Waals surface area contributed by atoms with Crippen LogP contribution in [0.1, 0.15) is 25.3 Å². The molecule has 2 heteroatoms. The van der Waals surface area contributed by atoms with Crippen molar-refractivity contribution in [3.63, 3.8) is 0 Å². The standard InChI is InChI=1S/C14H24N2/c1-3-11-16(12-7-10-15-2)13-14-8-5-4-6-9-14/h4-6,8-9,15H,3,7,10-13H2,1-2H3. The minimum absolute atomic E-state index is 1.08. The average molecular weight is 220 g/mol. The molecule has 0 radical (unpaired) electrons. The Hall–Kier alpha value is -0.860. The Kier molecular flexibility index (Phi) is 6.86. The van der Waals surface area contributed by atoms with Crippen molar-refractivity contribution in [2.75, 3.05) is 26.7 Å². The highest BCUT2D eigenvalue weighted by Gasteiger charge is 2.03. The molecule has 1 aromatic carbocycles. The third kappa shape index (κ3) is 5.29. The van der Waals surface area contributed by atoms with Crippen molar-refractivity contribution in [3.8, 4) is 0 Å². The smallest absolute Gasteiger partial charge is 0.0233 e. The van der Waals surface area contributed by atoms with Gasteiger partial charge < -0.3 is 5.32 Å². The van der Waals surface area contributed by atoms with Crippen molar-refractivity contribution in [2.45, 2.75) is 26.3 Å². The molecule has 0 aliphatic carbocycles. The summed E-state index contributed by atoms with van der Waals surface area (Å²) in [6.45, 7) is 6.81. The van der Waals surface area contributed by atoms with Gasteiger partial charge in [0.25, 0.3) is 0 Å². The molecule has 1 rings (SSSR count). The van der Waals surface area contributed by atoms with Crippen LogP contribution in [0.25, 0.3) is 0 Å². The normalized spacial score (nSPS) is 10.9. The second kappa shape index (κ2) is 8.31. The fraction of sp³-hybridized carbons (Fsp3) is 0.571. The number of hydrogen-bond donors (Lipinski definition) is 1. The molecule has 1 N–H and O–H groups in total. The fourth-order valence-electron chi connectivity index (χ4n) is 1.91. The van der Waals surface area contributed by atoms with E-state index < -0.39 is 0 Å². The highest BCUT2D eigenvalue weighted by Crippen LogP contribution is 2.05. The first kappa shape index (κ1) is 13.2. The molecular weight excluding hydrogens is 196 g/mol. The predicted molar refractivity (Wildman–Crippen MR) is 70.6 cm³/mol. The van der Waals surface area contributed by atoms with Crippen LogP contribution in [0.15, 0.2) is 30.3 Å². The van der Waals surface area contributed by atoms with Gasteiger partial charge in [-0.1, -0.05) is 37.3 Å². The molecule has 90 valence electrons. The largest absolute Gasteiger partial charge is 0.320 e. The summed E-state index contributed by atoms with van der Waals surface area (Å²) in [5, 5.41) is 3.20. The van der Waals surface area contributed by atoms with Gasteiger partial charge in [-0.2, -0.15) is 0 Å². The van der Waals surface area contributed by atoms with Crippen LogP contribution in [0.2, 0.25) is 0 Å². The van der Waals surface area contributed by atoms with Gasteiger partial charge in [0, 0.05) is 6.54 Å². The lowest BCUT2D eigenvalue weighted by Gasteiger charge is -2.21. The fourth-order valence-corrected chi connectivity index (χ4v) is 1.91. The van der Waals surface area contributed by atoms with Crippen molar-refractivity contribution in [1.29, 1.82) is 0 Å². The van der Waals surface area contributed by atoms with Gasteiger partial charge in [0.15, 0.2) is 0 Å². The highest BCUT2D eigenvalue weighted by molar-refractivity contribution is 5.14. The van der Waals surface area contributed by atoms with E-state index in [-0.39, 0.29) is 0 Å². The molecule has 1 aromatic rings. The van der Waals surface area contributed by atoms with Gasteiger partial charge in [0.2, 0.25) is 0 Å². The van der Waals surface area contributed by atoms with Crippen LogP contribution >= 0.6 is 0 Å². The molecule has 0 spiro atoms. The van der Waals surface area contributed by atoms with E-state index in [2.05, 4.69) is 47.5 Å². The van der Waals surface area contributed by atoms with Crippen LogP contribution in [0.5, 0.6) is 0 Å². The Labute approximate surface area is 99.7 Å². The van der Waals surface area contributed by atoms with E-state index in [1.165, 1.54) is 31.5 Å². The minimum atomic E-state index is 1.08. The van der Waals surface area contributed by atoms with Crippen LogP contribution in [-0.4, -0.2) is 31.6 Å². The SMILES string of the molecule is CCCN(CCCNC)Cc1ccccc1. The van der Waals surface area contributed by atoms with Crippen molar-refractivity contribution in [3.05, 3.63) is 35.9 Å². The average Bonchev–Trinajstić information content (AvgIpc) is 2.31. The maximum atomic E-state index is 3.20. The van der Waals surface area contributed by atoms with Gasteiger partial charge in [0.05, 0.1) is 0 Å². The molecule has 0 bridgehead atoms. The van der Waals surface area contributed by atoms with Gasteiger partial charge in [-0.05, 0) is 45.1 Å². The molecule has 0 aromatic heterocycles. The first-order valence-electron chi connectivity index (χ1n) is 6.27. The van der Waals surface area contributed by atoms with Gasteiger partial charge >= 0.3 is 0 Å². The van der Waals surface area contributed by atoms with E-state index in [1.54, 1.807) is 0 Å². The molecule has 0 saturated carbocycles. The maximum Gasteiger partial charge on any atom is 0.0233 e. The van der Waals surface area contributed by atoms with Gasteiger partial charge in [-0.3, -0.25) is 4.90 Å². The zero-order chi connectivity index (χ0) is 11.6. The molecule has 0 aliphatic rings. The van der Waals surface area contributed by atoms with E-state index >= 15 is 0 Å². The summed E-state index contributed by atoms with van der Waals surface area (Å²) in [5.41, 5.74) is 1.42. The van der Waals surface area contributed by atoms with E-state index in [1.807, 2.05) is 7.05 Å². The molecular formula is C14H24N2. The Balaban J connectivity index is 2.38. The number of nitrogens with zero attached hydrogens (tertiary/aromatic N) is 1. The second-order valence-electron chi connectivity index (χ2n) is 4.22. The first-order chi connectivity index (χ1) is 7.86. The molecule has 0 aliphatic heterocycles. The van der Waals surface area contributed by atoms with Crippen molar-refractivity contribution < 1.29 is 0 Å². The Bertz CT molecular complexity index is 259. The molecule has 2 nitrogen and oxygen atoms in total. The number of benzene rings is 1. The predicted octanol–water partition coefficient (Wildman–Crippen LogP) is 2.51. The van der Waals surface area contributed by atoms with Crippen molar-refractivity contribution in [1.82, 2.24) is 10.2 Å². The molecule has 0 unspecified atom stereocenters. The van der Waals surface area contributed by atoms with E-state index in [9.17, 15) is 0 Å². The molecule has 0 atom stereocenters. The second-order valence-corrected chi connectivity index (χ2v) is 4.22. The summed E-state index contributed by atoms with van der Waals surface area (Å²) >= 11 is 0. The lowest BCUT2D eigenvalue weighted by molar-refractivity contribution is 0.262. The Morgan fingerprint density at radius 3 is 2.50 bits per heavy atom. The molecule has 0 saturated heterocycles. The lowest BCUT2D eigenvalue weighted by atomic mass is 10.2. The molecule has 0 fully saturated rings. The van der Waals surface area contributed by atoms with Crippen LogP contribution in [0, 0.1) is 0 Å². The Morgan fingerprint density at radius 2 is 1.88 bits per heavy atom. The van der Waals surface area contributed by atoms with E-state index in [4.69, 9.17) is 0 Å². The van der Waals surface area contributed by atoms with Crippen LogP contribution in [0.4, 0.5) is 0 Å². The van der Waals surface area contributed by atoms with Gasteiger partial charge in [-0.25, -0.2) is 0 Å².